The number of methoxy groups -OCH3 is 1. The molecule has 24 heavy (non-hydrogen) atoms. The quantitative estimate of drug-likeness (QED) is 0.593. The summed E-state index contributed by atoms with van der Waals surface area (Å²) < 4.78 is 7.01. The van der Waals surface area contributed by atoms with Crippen LogP contribution in [0.2, 0.25) is 0 Å². The van der Waals surface area contributed by atoms with Gasteiger partial charge in [-0.25, -0.2) is 10.4 Å². The van der Waals surface area contributed by atoms with E-state index in [0.29, 0.717) is 17.1 Å². The highest BCUT2D eigenvalue weighted by Gasteiger charge is 2.16. The number of carbonyl (C=O) groups excluding carboxylic acids is 1. The third-order valence-electron chi connectivity index (χ3n) is 3.68. The molecule has 0 aliphatic heterocycles. The fourth-order valence-electron chi connectivity index (χ4n) is 2.52. The number of ether oxygens (including phenoxy) is 1. The third kappa shape index (κ3) is 2.99. The Kier molecular flexibility index (Phi) is 4.29. The molecule has 0 bridgehead atoms. The first-order valence-electron chi connectivity index (χ1n) is 7.52. The number of rotatable bonds is 4. The van der Waals surface area contributed by atoms with Crippen LogP contribution in [0.1, 0.15) is 27.3 Å². The van der Waals surface area contributed by atoms with Gasteiger partial charge >= 0.3 is 0 Å². The molecule has 0 atom stereocenters. The molecule has 0 unspecified atom stereocenters. The first-order valence-corrected chi connectivity index (χ1v) is 7.52. The van der Waals surface area contributed by atoms with Crippen molar-refractivity contribution in [2.45, 2.75) is 13.8 Å². The number of aromatic nitrogens is 2. The van der Waals surface area contributed by atoms with Crippen molar-refractivity contribution in [2.75, 3.05) is 7.11 Å². The SMILES string of the molecule is COc1ccccc1/C=N/NC(=O)c1c(C)nc2cc(C)ccn12. The number of hydrazone groups is 1. The molecule has 0 aliphatic carbocycles. The molecule has 0 radical (unpaired) electrons. The Labute approximate surface area is 139 Å². The van der Waals surface area contributed by atoms with Crippen molar-refractivity contribution in [2.24, 2.45) is 5.10 Å². The summed E-state index contributed by atoms with van der Waals surface area (Å²) in [6, 6.07) is 11.3. The summed E-state index contributed by atoms with van der Waals surface area (Å²) in [6.07, 6.45) is 3.39. The topological polar surface area (TPSA) is 68.0 Å². The van der Waals surface area contributed by atoms with Crippen molar-refractivity contribution >= 4 is 17.8 Å². The second kappa shape index (κ2) is 6.54. The van der Waals surface area contributed by atoms with Gasteiger partial charge in [-0.3, -0.25) is 9.20 Å². The summed E-state index contributed by atoms with van der Waals surface area (Å²) in [5.74, 6) is 0.381. The molecule has 0 aliphatic rings. The second-order valence-corrected chi connectivity index (χ2v) is 5.42. The van der Waals surface area contributed by atoms with Gasteiger partial charge in [0.05, 0.1) is 19.0 Å². The smallest absolute Gasteiger partial charge is 0.290 e. The molecule has 0 saturated carbocycles. The summed E-state index contributed by atoms with van der Waals surface area (Å²) in [5.41, 5.74) is 6.30. The third-order valence-corrected chi connectivity index (χ3v) is 3.68. The predicted molar refractivity (Wildman–Crippen MR) is 92.7 cm³/mol. The largest absolute Gasteiger partial charge is 0.496 e. The van der Waals surface area contributed by atoms with Gasteiger partial charge in [0, 0.05) is 11.8 Å². The van der Waals surface area contributed by atoms with Crippen molar-refractivity contribution in [3.05, 3.63) is 65.1 Å². The predicted octanol–water partition coefficient (Wildman–Crippen LogP) is 2.72. The highest BCUT2D eigenvalue weighted by atomic mass is 16.5. The zero-order valence-corrected chi connectivity index (χ0v) is 13.8. The first-order chi connectivity index (χ1) is 11.6. The second-order valence-electron chi connectivity index (χ2n) is 5.42. The number of para-hydroxylation sites is 1. The summed E-state index contributed by atoms with van der Waals surface area (Å²) in [5, 5.41) is 4.03. The number of benzene rings is 1. The number of hydrogen-bond donors (Lipinski definition) is 1. The molecule has 122 valence electrons. The Bertz CT molecular complexity index is 928. The minimum atomic E-state index is -0.310. The summed E-state index contributed by atoms with van der Waals surface area (Å²) in [6.45, 7) is 3.79. The molecule has 6 nitrogen and oxygen atoms in total. The number of aryl methyl sites for hydroxylation is 2. The molecule has 3 aromatic rings. The van der Waals surface area contributed by atoms with Gasteiger partial charge in [-0.05, 0) is 43.7 Å². The van der Waals surface area contributed by atoms with Gasteiger partial charge in [0.1, 0.15) is 17.1 Å². The van der Waals surface area contributed by atoms with Gasteiger partial charge in [-0.2, -0.15) is 5.10 Å². The highest BCUT2D eigenvalue weighted by molar-refractivity contribution is 5.95. The minimum Gasteiger partial charge on any atom is -0.496 e. The average molecular weight is 322 g/mol. The number of nitrogens with one attached hydrogen (secondary N) is 1. The molecular formula is C18H18N4O2. The van der Waals surface area contributed by atoms with Gasteiger partial charge in [0.15, 0.2) is 0 Å². The van der Waals surface area contributed by atoms with Gasteiger partial charge in [-0.1, -0.05) is 12.1 Å². The van der Waals surface area contributed by atoms with Crippen LogP contribution in [-0.4, -0.2) is 28.6 Å². The van der Waals surface area contributed by atoms with Crippen LogP contribution < -0.4 is 10.2 Å². The van der Waals surface area contributed by atoms with E-state index < -0.39 is 0 Å². The van der Waals surface area contributed by atoms with E-state index >= 15 is 0 Å². The maximum absolute atomic E-state index is 12.5. The van der Waals surface area contributed by atoms with Crippen molar-refractivity contribution < 1.29 is 9.53 Å². The van der Waals surface area contributed by atoms with Crippen molar-refractivity contribution in [3.8, 4) is 5.75 Å². The zero-order valence-electron chi connectivity index (χ0n) is 13.8. The Morgan fingerprint density at radius 3 is 2.88 bits per heavy atom. The van der Waals surface area contributed by atoms with E-state index in [1.807, 2.05) is 49.5 Å². The number of carbonyl (C=O) groups is 1. The van der Waals surface area contributed by atoms with Crippen LogP contribution in [0.5, 0.6) is 5.75 Å². The maximum Gasteiger partial charge on any atom is 0.290 e. The molecule has 0 fully saturated rings. The van der Waals surface area contributed by atoms with Gasteiger partial charge < -0.3 is 4.74 Å². The van der Waals surface area contributed by atoms with Crippen molar-refractivity contribution in [3.63, 3.8) is 0 Å². The van der Waals surface area contributed by atoms with E-state index in [2.05, 4.69) is 15.5 Å². The standard InChI is InChI=1S/C18H18N4O2/c1-12-8-9-22-16(10-12)20-13(2)17(22)18(23)21-19-11-14-6-4-5-7-15(14)24-3/h4-11H,1-3H3,(H,21,23)/b19-11+. The Morgan fingerprint density at radius 2 is 2.08 bits per heavy atom. The van der Waals surface area contributed by atoms with Crippen LogP contribution in [-0.2, 0) is 0 Å². The van der Waals surface area contributed by atoms with E-state index in [9.17, 15) is 4.79 Å². The number of hydrogen-bond acceptors (Lipinski definition) is 4. The van der Waals surface area contributed by atoms with Gasteiger partial charge in [0.2, 0.25) is 0 Å². The fourth-order valence-corrected chi connectivity index (χ4v) is 2.52. The molecule has 1 N–H and O–H groups in total. The lowest BCUT2D eigenvalue weighted by Gasteiger charge is -2.04. The molecule has 2 aromatic heterocycles. The van der Waals surface area contributed by atoms with Crippen LogP contribution >= 0.6 is 0 Å². The number of pyridine rings is 1. The van der Waals surface area contributed by atoms with E-state index in [-0.39, 0.29) is 5.91 Å². The lowest BCUT2D eigenvalue weighted by Crippen LogP contribution is -2.20. The molecule has 6 heteroatoms. The normalized spacial score (nSPS) is 11.1. The van der Waals surface area contributed by atoms with Crippen molar-refractivity contribution in [1.29, 1.82) is 0 Å². The molecule has 3 rings (SSSR count). The van der Waals surface area contributed by atoms with Crippen LogP contribution in [0.25, 0.3) is 5.65 Å². The van der Waals surface area contributed by atoms with E-state index in [0.717, 1.165) is 16.8 Å². The average Bonchev–Trinajstić information content (AvgIpc) is 2.90. The summed E-state index contributed by atoms with van der Waals surface area (Å²) in [7, 11) is 1.59. The monoisotopic (exact) mass is 322 g/mol. The molecule has 0 spiro atoms. The maximum atomic E-state index is 12.5. The highest BCUT2D eigenvalue weighted by Crippen LogP contribution is 2.15. The molecular weight excluding hydrogens is 304 g/mol. The summed E-state index contributed by atoms with van der Waals surface area (Å²) in [4.78, 5) is 16.9. The van der Waals surface area contributed by atoms with E-state index in [1.165, 1.54) is 0 Å². The Morgan fingerprint density at radius 1 is 1.29 bits per heavy atom. The number of amides is 1. The lowest BCUT2D eigenvalue weighted by molar-refractivity contribution is 0.0948. The van der Waals surface area contributed by atoms with Gasteiger partial charge in [0.25, 0.3) is 5.91 Å². The van der Waals surface area contributed by atoms with Crippen LogP contribution in [0, 0.1) is 13.8 Å². The zero-order chi connectivity index (χ0) is 17.1. The fraction of sp³-hybridized carbons (Fsp3) is 0.167. The van der Waals surface area contributed by atoms with Crippen LogP contribution in [0.3, 0.4) is 0 Å². The van der Waals surface area contributed by atoms with E-state index in [4.69, 9.17) is 4.74 Å². The Balaban J connectivity index is 1.83. The lowest BCUT2D eigenvalue weighted by atomic mass is 10.2. The molecule has 0 saturated heterocycles. The summed E-state index contributed by atoms with van der Waals surface area (Å²) >= 11 is 0. The number of fused-ring (bicyclic) bond motifs is 1. The van der Waals surface area contributed by atoms with Crippen LogP contribution in [0.15, 0.2) is 47.7 Å². The molecule has 1 aromatic carbocycles. The van der Waals surface area contributed by atoms with Crippen molar-refractivity contribution in [1.82, 2.24) is 14.8 Å². The van der Waals surface area contributed by atoms with Gasteiger partial charge in [-0.15, -0.1) is 0 Å². The number of nitrogens with zero attached hydrogens (tertiary/aromatic N) is 3. The minimum absolute atomic E-state index is 0.310. The first kappa shape index (κ1) is 15.7. The molecule has 1 amide bonds. The Hall–Kier alpha value is -3.15. The van der Waals surface area contributed by atoms with Crippen LogP contribution in [0.4, 0.5) is 0 Å². The number of imidazole rings is 1. The molecule has 2 heterocycles. The van der Waals surface area contributed by atoms with E-state index in [1.54, 1.807) is 24.6 Å².